The molecule has 1 aromatic carbocycles. The monoisotopic (exact) mass is 302 g/mol. The van der Waals surface area contributed by atoms with Gasteiger partial charge in [-0.25, -0.2) is 9.18 Å². The molecule has 0 aliphatic carbocycles. The molecule has 6 heteroatoms. The molecule has 0 radical (unpaired) electrons. The van der Waals surface area contributed by atoms with E-state index in [1.54, 1.807) is 0 Å². The second kappa shape index (κ2) is 4.46. The third-order valence-electron chi connectivity index (χ3n) is 2.32. The lowest BCUT2D eigenvalue weighted by Gasteiger charge is -1.98. The minimum Gasteiger partial charge on any atom is -0.475 e. The zero-order valence-electron chi connectivity index (χ0n) is 8.79. The van der Waals surface area contributed by atoms with E-state index in [9.17, 15) is 9.18 Å². The molecule has 17 heavy (non-hydrogen) atoms. The minimum absolute atomic E-state index is 0.0900. The Hall–Kier alpha value is -1.40. The van der Waals surface area contributed by atoms with Gasteiger partial charge >= 0.3 is 5.97 Å². The molecular weight excluding hydrogens is 295 g/mol. The van der Waals surface area contributed by atoms with Crippen molar-refractivity contribution in [3.8, 4) is 0 Å². The Morgan fingerprint density at radius 2 is 2.29 bits per heavy atom. The van der Waals surface area contributed by atoms with E-state index in [1.165, 1.54) is 13.2 Å². The number of aromatic carboxylic acids is 1. The fraction of sp³-hybridized carbons (Fsp3) is 0.182. The number of hydrogen-bond acceptors (Lipinski definition) is 3. The summed E-state index contributed by atoms with van der Waals surface area (Å²) < 4.78 is 23.6. The van der Waals surface area contributed by atoms with Crippen molar-refractivity contribution in [3.63, 3.8) is 0 Å². The van der Waals surface area contributed by atoms with E-state index in [2.05, 4.69) is 15.9 Å². The van der Waals surface area contributed by atoms with Crippen molar-refractivity contribution in [2.24, 2.45) is 0 Å². The van der Waals surface area contributed by atoms with Gasteiger partial charge in [-0.05, 0) is 22.0 Å². The van der Waals surface area contributed by atoms with Crippen molar-refractivity contribution in [2.45, 2.75) is 6.61 Å². The van der Waals surface area contributed by atoms with E-state index >= 15 is 0 Å². The molecule has 0 aliphatic rings. The average molecular weight is 303 g/mol. The summed E-state index contributed by atoms with van der Waals surface area (Å²) in [6.45, 7) is 0.0900. The van der Waals surface area contributed by atoms with E-state index in [4.69, 9.17) is 14.3 Å². The minimum atomic E-state index is -1.20. The number of fused-ring (bicyclic) bond motifs is 1. The molecule has 0 amide bonds. The molecule has 1 aromatic heterocycles. The van der Waals surface area contributed by atoms with E-state index in [1.807, 2.05) is 0 Å². The first kappa shape index (κ1) is 12.1. The lowest BCUT2D eigenvalue weighted by molar-refractivity contribution is 0.0658. The third-order valence-corrected chi connectivity index (χ3v) is 2.92. The summed E-state index contributed by atoms with van der Waals surface area (Å²) in [6, 6.07) is 2.62. The number of benzene rings is 1. The highest BCUT2D eigenvalue weighted by molar-refractivity contribution is 9.10. The number of carboxylic acid groups (broad SMARTS) is 1. The molecule has 2 aromatic rings. The van der Waals surface area contributed by atoms with Crippen LogP contribution in [0.4, 0.5) is 4.39 Å². The number of carboxylic acids is 1. The zero-order chi connectivity index (χ0) is 12.6. The van der Waals surface area contributed by atoms with Crippen molar-refractivity contribution < 1.29 is 23.4 Å². The SMILES string of the molecule is COCc1c(C(=O)O)oc2cc(F)c(Br)cc12. The molecule has 1 N–H and O–H groups in total. The largest absolute Gasteiger partial charge is 0.475 e. The molecule has 2 rings (SSSR count). The number of furan rings is 1. The first-order valence-electron chi connectivity index (χ1n) is 4.67. The van der Waals surface area contributed by atoms with Gasteiger partial charge in [0, 0.05) is 24.1 Å². The second-order valence-corrected chi connectivity index (χ2v) is 4.26. The van der Waals surface area contributed by atoms with Gasteiger partial charge in [0.05, 0.1) is 11.1 Å². The van der Waals surface area contributed by atoms with Crippen molar-refractivity contribution in [1.82, 2.24) is 0 Å². The normalized spacial score (nSPS) is 11.0. The second-order valence-electron chi connectivity index (χ2n) is 3.41. The van der Waals surface area contributed by atoms with Crippen LogP contribution in [0.1, 0.15) is 16.1 Å². The maximum Gasteiger partial charge on any atom is 0.372 e. The summed E-state index contributed by atoms with van der Waals surface area (Å²) >= 11 is 3.04. The average Bonchev–Trinajstić information content (AvgIpc) is 2.59. The molecule has 1 heterocycles. The highest BCUT2D eigenvalue weighted by Crippen LogP contribution is 2.31. The number of carbonyl (C=O) groups is 1. The van der Waals surface area contributed by atoms with Gasteiger partial charge in [0.1, 0.15) is 11.4 Å². The molecule has 90 valence electrons. The number of ether oxygens (including phenoxy) is 1. The van der Waals surface area contributed by atoms with Crippen molar-refractivity contribution in [3.05, 3.63) is 33.7 Å². The van der Waals surface area contributed by atoms with Gasteiger partial charge in [0.15, 0.2) is 0 Å². The Morgan fingerprint density at radius 3 is 2.88 bits per heavy atom. The number of methoxy groups -OCH3 is 1. The Labute approximate surface area is 104 Å². The predicted molar refractivity (Wildman–Crippen MR) is 61.5 cm³/mol. The summed E-state index contributed by atoms with van der Waals surface area (Å²) in [5.41, 5.74) is 0.589. The lowest BCUT2D eigenvalue weighted by atomic mass is 10.1. The van der Waals surface area contributed by atoms with E-state index in [-0.39, 0.29) is 22.4 Å². The molecule has 0 atom stereocenters. The summed E-state index contributed by atoms with van der Waals surface area (Å²) in [5, 5.41) is 9.50. The third kappa shape index (κ3) is 2.05. The number of rotatable bonds is 3. The fourth-order valence-corrected chi connectivity index (χ4v) is 1.95. The van der Waals surface area contributed by atoms with Crippen molar-refractivity contribution in [1.29, 1.82) is 0 Å². The topological polar surface area (TPSA) is 59.7 Å². The van der Waals surface area contributed by atoms with Gasteiger partial charge in [0.2, 0.25) is 5.76 Å². The summed E-state index contributed by atoms with van der Waals surface area (Å²) in [7, 11) is 1.45. The van der Waals surface area contributed by atoms with E-state index < -0.39 is 11.8 Å². The first-order valence-corrected chi connectivity index (χ1v) is 5.46. The summed E-state index contributed by atoms with van der Waals surface area (Å²) in [5.74, 6) is -1.93. The molecule has 0 saturated heterocycles. The zero-order valence-corrected chi connectivity index (χ0v) is 10.4. The van der Waals surface area contributed by atoms with Crippen molar-refractivity contribution >= 4 is 32.9 Å². The van der Waals surface area contributed by atoms with Crippen LogP contribution in [0.3, 0.4) is 0 Å². The predicted octanol–water partition coefficient (Wildman–Crippen LogP) is 3.18. The number of halogens is 2. The molecule has 0 saturated carbocycles. The molecule has 0 aliphatic heterocycles. The quantitative estimate of drug-likeness (QED) is 0.946. The summed E-state index contributed by atoms with van der Waals surface area (Å²) in [4.78, 5) is 11.0. The van der Waals surface area contributed by atoms with Crippen LogP contribution in [0, 0.1) is 5.82 Å². The Kier molecular flexibility index (Phi) is 3.17. The Bertz CT molecular complexity index is 591. The van der Waals surface area contributed by atoms with Crippen LogP contribution >= 0.6 is 15.9 Å². The van der Waals surface area contributed by atoms with Gasteiger partial charge in [0.25, 0.3) is 0 Å². The van der Waals surface area contributed by atoms with Gasteiger partial charge in [-0.15, -0.1) is 0 Å². The molecule has 0 fully saturated rings. The van der Waals surface area contributed by atoms with Crippen LogP contribution in [0.25, 0.3) is 11.0 Å². The van der Waals surface area contributed by atoms with Gasteiger partial charge in [-0.1, -0.05) is 0 Å². The smallest absolute Gasteiger partial charge is 0.372 e. The first-order chi connectivity index (χ1) is 8.04. The molecular formula is C11H8BrFO4. The maximum atomic E-state index is 13.3. The van der Waals surface area contributed by atoms with Crippen LogP contribution < -0.4 is 0 Å². The maximum absolute atomic E-state index is 13.3. The number of hydrogen-bond donors (Lipinski definition) is 1. The molecule has 0 spiro atoms. The highest BCUT2D eigenvalue weighted by atomic mass is 79.9. The van der Waals surface area contributed by atoms with Crippen LogP contribution in [-0.2, 0) is 11.3 Å². The lowest BCUT2D eigenvalue weighted by Crippen LogP contribution is -1.99. The van der Waals surface area contributed by atoms with Crippen LogP contribution in [0.2, 0.25) is 0 Å². The highest BCUT2D eigenvalue weighted by Gasteiger charge is 2.21. The molecule has 0 unspecified atom stereocenters. The van der Waals surface area contributed by atoms with Crippen LogP contribution in [0.15, 0.2) is 21.0 Å². The van der Waals surface area contributed by atoms with Crippen molar-refractivity contribution in [2.75, 3.05) is 7.11 Å². The Morgan fingerprint density at radius 1 is 1.59 bits per heavy atom. The van der Waals surface area contributed by atoms with Gasteiger partial charge < -0.3 is 14.3 Å². The molecule has 0 bridgehead atoms. The molecule has 4 nitrogen and oxygen atoms in total. The Balaban J connectivity index is 2.75. The van der Waals surface area contributed by atoms with Crippen LogP contribution in [0.5, 0.6) is 0 Å². The van der Waals surface area contributed by atoms with Gasteiger partial charge in [-0.3, -0.25) is 0 Å². The van der Waals surface area contributed by atoms with E-state index in [0.29, 0.717) is 10.9 Å². The standard InChI is InChI=1S/C11H8BrFO4/c1-16-4-6-5-2-7(12)8(13)3-9(5)17-10(6)11(14)15/h2-3H,4H2,1H3,(H,14,15). The van der Waals surface area contributed by atoms with Gasteiger partial charge in [-0.2, -0.15) is 0 Å². The van der Waals surface area contributed by atoms with Crippen LogP contribution in [-0.4, -0.2) is 18.2 Å². The summed E-state index contributed by atoms with van der Waals surface area (Å²) in [6.07, 6.45) is 0. The fourth-order valence-electron chi connectivity index (χ4n) is 1.60. The van der Waals surface area contributed by atoms with E-state index in [0.717, 1.165) is 6.07 Å².